The number of benzene rings is 2. The first kappa shape index (κ1) is 17.5. The Hall–Kier alpha value is -2.95. The van der Waals surface area contributed by atoms with Gasteiger partial charge in [-0.25, -0.2) is 4.79 Å². The molecular formula is C22H22N2O3. The summed E-state index contributed by atoms with van der Waals surface area (Å²) in [5, 5.41) is 2.86. The van der Waals surface area contributed by atoms with E-state index >= 15 is 0 Å². The number of amides is 3. The molecule has 5 heteroatoms. The minimum atomic E-state index is -1.02. The molecule has 1 aliphatic carbocycles. The highest BCUT2D eigenvalue weighted by molar-refractivity contribution is 6.12. The molecule has 27 heavy (non-hydrogen) atoms. The summed E-state index contributed by atoms with van der Waals surface area (Å²) in [7, 11) is 0. The topological polar surface area (TPSA) is 66.5 Å². The molecule has 4 rings (SSSR count). The zero-order valence-electron chi connectivity index (χ0n) is 15.8. The smallest absolute Gasteiger partial charge is 0.319 e. The van der Waals surface area contributed by atoms with E-state index in [1.165, 1.54) is 0 Å². The van der Waals surface area contributed by atoms with Crippen LogP contribution in [0, 0.1) is 20.8 Å². The molecule has 0 unspecified atom stereocenters. The molecule has 2 aliphatic rings. The highest BCUT2D eigenvalue weighted by Gasteiger charge is 2.55. The van der Waals surface area contributed by atoms with E-state index in [0.29, 0.717) is 12.0 Å². The first-order chi connectivity index (χ1) is 12.8. The van der Waals surface area contributed by atoms with Crippen LogP contribution in [0.25, 0.3) is 0 Å². The minimum absolute atomic E-state index is 0.220. The molecular weight excluding hydrogens is 340 g/mol. The second kappa shape index (κ2) is 6.05. The van der Waals surface area contributed by atoms with E-state index in [1.807, 2.05) is 57.2 Å². The number of ketones is 1. The summed E-state index contributed by atoms with van der Waals surface area (Å²) in [5.74, 6) is -0.547. The molecule has 2 aromatic carbocycles. The molecule has 1 spiro atoms. The Morgan fingerprint density at radius 3 is 2.56 bits per heavy atom. The second-order valence-electron chi connectivity index (χ2n) is 7.56. The standard InChI is InChI=1S/C22H22N2O3/c1-13-10-15(3)17(11-14(13)2)19(25)12-24-20(26)22(23-21(24)27)9-8-16-6-4-5-7-18(16)22/h4-7,10-11H,8-9,12H2,1-3H3,(H,23,27)/t22-/m0/s1. The Bertz CT molecular complexity index is 995. The van der Waals surface area contributed by atoms with Crippen LogP contribution in [0.3, 0.4) is 0 Å². The monoisotopic (exact) mass is 362 g/mol. The molecule has 2 aromatic rings. The molecule has 0 saturated carbocycles. The van der Waals surface area contributed by atoms with Gasteiger partial charge in [-0.3, -0.25) is 14.5 Å². The molecule has 1 fully saturated rings. The van der Waals surface area contributed by atoms with Gasteiger partial charge in [0.25, 0.3) is 5.91 Å². The van der Waals surface area contributed by atoms with E-state index in [2.05, 4.69) is 5.32 Å². The average Bonchev–Trinajstić information content (AvgIpc) is 3.12. The maximum Gasteiger partial charge on any atom is 0.325 e. The highest BCUT2D eigenvalue weighted by atomic mass is 16.2. The Labute approximate surface area is 158 Å². The van der Waals surface area contributed by atoms with Crippen molar-refractivity contribution in [3.05, 3.63) is 69.8 Å². The first-order valence-electron chi connectivity index (χ1n) is 9.17. The first-order valence-corrected chi connectivity index (χ1v) is 9.17. The average molecular weight is 362 g/mol. The van der Waals surface area contributed by atoms with Gasteiger partial charge in [-0.15, -0.1) is 0 Å². The van der Waals surface area contributed by atoms with Gasteiger partial charge in [-0.2, -0.15) is 0 Å². The summed E-state index contributed by atoms with van der Waals surface area (Å²) in [6.45, 7) is 5.58. The predicted molar refractivity (Wildman–Crippen MR) is 102 cm³/mol. The lowest BCUT2D eigenvalue weighted by molar-refractivity contribution is -0.131. The van der Waals surface area contributed by atoms with Gasteiger partial charge in [0.1, 0.15) is 5.54 Å². The van der Waals surface area contributed by atoms with Crippen molar-refractivity contribution in [3.63, 3.8) is 0 Å². The number of carbonyl (C=O) groups is 3. The number of nitrogens with one attached hydrogen (secondary N) is 1. The molecule has 5 nitrogen and oxygen atoms in total. The number of rotatable bonds is 3. The maximum atomic E-state index is 13.2. The lowest BCUT2D eigenvalue weighted by Crippen LogP contribution is -2.42. The number of carbonyl (C=O) groups excluding carboxylic acids is 3. The summed E-state index contributed by atoms with van der Waals surface area (Å²) in [5.41, 5.74) is 4.45. The molecule has 3 amide bonds. The summed E-state index contributed by atoms with van der Waals surface area (Å²) < 4.78 is 0. The number of fused-ring (bicyclic) bond motifs is 2. The van der Waals surface area contributed by atoms with Crippen molar-refractivity contribution in [2.45, 2.75) is 39.2 Å². The number of hydrogen-bond acceptors (Lipinski definition) is 3. The van der Waals surface area contributed by atoms with Crippen LogP contribution in [-0.2, 0) is 16.8 Å². The quantitative estimate of drug-likeness (QED) is 0.674. The third kappa shape index (κ3) is 2.57. The van der Waals surface area contributed by atoms with E-state index in [-0.39, 0.29) is 18.2 Å². The summed E-state index contributed by atoms with van der Waals surface area (Å²) in [6.07, 6.45) is 1.27. The van der Waals surface area contributed by atoms with Crippen molar-refractivity contribution in [2.24, 2.45) is 0 Å². The van der Waals surface area contributed by atoms with Crippen molar-refractivity contribution in [3.8, 4) is 0 Å². The van der Waals surface area contributed by atoms with Crippen LogP contribution in [0.5, 0.6) is 0 Å². The third-order valence-corrected chi connectivity index (χ3v) is 5.87. The van der Waals surface area contributed by atoms with Crippen molar-refractivity contribution < 1.29 is 14.4 Å². The van der Waals surface area contributed by atoms with Gasteiger partial charge in [0.2, 0.25) is 0 Å². The fourth-order valence-corrected chi connectivity index (χ4v) is 4.22. The molecule has 138 valence electrons. The van der Waals surface area contributed by atoms with Gasteiger partial charge < -0.3 is 5.32 Å². The Morgan fingerprint density at radius 1 is 1.07 bits per heavy atom. The molecule has 1 saturated heterocycles. The summed E-state index contributed by atoms with van der Waals surface area (Å²) in [4.78, 5) is 39.7. The van der Waals surface area contributed by atoms with E-state index in [4.69, 9.17) is 0 Å². The number of hydrogen-bond donors (Lipinski definition) is 1. The van der Waals surface area contributed by atoms with E-state index in [1.54, 1.807) is 0 Å². The fraction of sp³-hybridized carbons (Fsp3) is 0.318. The molecule has 1 aliphatic heterocycles. The highest BCUT2D eigenvalue weighted by Crippen LogP contribution is 2.41. The lowest BCUT2D eigenvalue weighted by Gasteiger charge is -2.22. The number of urea groups is 1. The number of nitrogens with zero attached hydrogens (tertiary/aromatic N) is 1. The van der Waals surface area contributed by atoms with Crippen LogP contribution in [0.4, 0.5) is 4.79 Å². The summed E-state index contributed by atoms with van der Waals surface area (Å²) in [6, 6.07) is 11.0. The van der Waals surface area contributed by atoms with E-state index < -0.39 is 11.6 Å². The Kier molecular flexibility index (Phi) is 3.91. The van der Waals surface area contributed by atoms with Gasteiger partial charge in [0.05, 0.1) is 6.54 Å². The van der Waals surface area contributed by atoms with E-state index in [9.17, 15) is 14.4 Å². The lowest BCUT2D eigenvalue weighted by atomic mass is 9.91. The van der Waals surface area contributed by atoms with Gasteiger partial charge in [-0.05, 0) is 67.5 Å². The molecule has 0 aromatic heterocycles. The van der Waals surface area contributed by atoms with Crippen molar-refractivity contribution >= 4 is 17.7 Å². The normalized spacial score (nSPS) is 20.9. The summed E-state index contributed by atoms with van der Waals surface area (Å²) >= 11 is 0. The minimum Gasteiger partial charge on any atom is -0.319 e. The van der Waals surface area contributed by atoms with Gasteiger partial charge >= 0.3 is 6.03 Å². The van der Waals surface area contributed by atoms with Crippen LogP contribution in [0.2, 0.25) is 0 Å². The largest absolute Gasteiger partial charge is 0.325 e. The van der Waals surface area contributed by atoms with Crippen LogP contribution in [0.1, 0.15) is 44.6 Å². The van der Waals surface area contributed by atoms with Crippen molar-refractivity contribution in [1.82, 2.24) is 10.2 Å². The Balaban J connectivity index is 1.63. The van der Waals surface area contributed by atoms with Crippen LogP contribution < -0.4 is 5.32 Å². The van der Waals surface area contributed by atoms with Gasteiger partial charge in [0.15, 0.2) is 5.78 Å². The molecule has 0 bridgehead atoms. The van der Waals surface area contributed by atoms with E-state index in [0.717, 1.165) is 39.1 Å². The SMILES string of the molecule is Cc1cc(C)c(C(=O)CN2C(=O)N[C@]3(CCc4ccccc43)C2=O)cc1C. The zero-order valence-corrected chi connectivity index (χ0v) is 15.8. The third-order valence-electron chi connectivity index (χ3n) is 5.87. The Morgan fingerprint density at radius 2 is 1.78 bits per heavy atom. The van der Waals surface area contributed by atoms with Crippen molar-refractivity contribution in [2.75, 3.05) is 6.54 Å². The molecule has 1 N–H and O–H groups in total. The fourth-order valence-electron chi connectivity index (χ4n) is 4.22. The van der Waals surface area contributed by atoms with Crippen LogP contribution in [0.15, 0.2) is 36.4 Å². The number of Topliss-reactive ketones (excluding diaryl/α,β-unsaturated/α-hetero) is 1. The predicted octanol–water partition coefficient (Wildman–Crippen LogP) is 3.19. The van der Waals surface area contributed by atoms with Gasteiger partial charge in [-0.1, -0.05) is 30.3 Å². The number of aryl methyl sites for hydroxylation is 4. The molecule has 1 heterocycles. The number of imide groups is 1. The van der Waals surface area contributed by atoms with Crippen molar-refractivity contribution in [1.29, 1.82) is 0 Å². The van der Waals surface area contributed by atoms with Gasteiger partial charge in [0, 0.05) is 5.56 Å². The molecule has 0 radical (unpaired) electrons. The maximum absolute atomic E-state index is 13.2. The molecule has 1 atom stereocenters. The van der Waals surface area contributed by atoms with Crippen LogP contribution >= 0.6 is 0 Å². The zero-order chi connectivity index (χ0) is 19.3. The second-order valence-corrected chi connectivity index (χ2v) is 7.56. The van der Waals surface area contributed by atoms with Crippen LogP contribution in [-0.4, -0.2) is 29.2 Å².